The molecule has 1 aromatic rings. The predicted molar refractivity (Wildman–Crippen MR) is 69.0 cm³/mol. The van der Waals surface area contributed by atoms with Crippen LogP contribution in [0.15, 0.2) is 29.8 Å². The molecule has 21 heavy (non-hydrogen) atoms. The molecule has 106 valence electrons. The first kappa shape index (κ1) is 13.4. The Kier molecular flexibility index (Phi) is 3.01. The molecule has 2 aliphatic rings. The molecule has 5 nitrogen and oxygen atoms in total. The molecule has 6 heteroatoms. The van der Waals surface area contributed by atoms with E-state index in [0.29, 0.717) is 0 Å². The second-order valence-corrected chi connectivity index (χ2v) is 4.99. The lowest BCUT2D eigenvalue weighted by atomic mass is 9.94. The van der Waals surface area contributed by atoms with Gasteiger partial charge in [0.1, 0.15) is 5.82 Å². The van der Waals surface area contributed by atoms with E-state index in [9.17, 15) is 23.6 Å². The molecule has 1 fully saturated rings. The fourth-order valence-corrected chi connectivity index (χ4v) is 2.52. The summed E-state index contributed by atoms with van der Waals surface area (Å²) in [7, 11) is 0. The molecule has 1 aliphatic carbocycles. The van der Waals surface area contributed by atoms with Crippen LogP contribution in [0.5, 0.6) is 0 Å². The van der Waals surface area contributed by atoms with Crippen molar-refractivity contribution in [1.29, 1.82) is 0 Å². The number of imide groups is 1. The zero-order valence-electron chi connectivity index (χ0n) is 10.8. The van der Waals surface area contributed by atoms with Gasteiger partial charge in [-0.05, 0) is 24.6 Å². The summed E-state index contributed by atoms with van der Waals surface area (Å²) in [5, 5.41) is 2.16. The Morgan fingerprint density at radius 1 is 1.10 bits per heavy atom. The van der Waals surface area contributed by atoms with Crippen molar-refractivity contribution in [2.45, 2.75) is 12.8 Å². The third-order valence-corrected chi connectivity index (χ3v) is 3.61. The van der Waals surface area contributed by atoms with E-state index < -0.39 is 29.2 Å². The van der Waals surface area contributed by atoms with Crippen LogP contribution in [0.4, 0.5) is 4.39 Å². The maximum absolute atomic E-state index is 13.2. The van der Waals surface area contributed by atoms with Gasteiger partial charge in [0.25, 0.3) is 0 Å². The number of hydrogen-bond acceptors (Lipinski definition) is 4. The molecule has 1 atom stereocenters. The van der Waals surface area contributed by atoms with E-state index in [4.69, 9.17) is 0 Å². The van der Waals surface area contributed by atoms with Gasteiger partial charge in [-0.15, -0.1) is 0 Å². The Hall–Kier alpha value is -2.63. The van der Waals surface area contributed by atoms with E-state index >= 15 is 0 Å². The van der Waals surface area contributed by atoms with E-state index in [-0.39, 0.29) is 35.4 Å². The van der Waals surface area contributed by atoms with Crippen molar-refractivity contribution < 1.29 is 23.6 Å². The molecule has 1 saturated heterocycles. The smallest absolute Gasteiger partial charge is 0.233 e. The highest BCUT2D eigenvalue weighted by Gasteiger charge is 2.35. The van der Waals surface area contributed by atoms with Gasteiger partial charge in [-0.2, -0.15) is 0 Å². The molecule has 0 saturated carbocycles. The molecular weight excluding hydrogens is 277 g/mol. The maximum Gasteiger partial charge on any atom is 0.233 e. The van der Waals surface area contributed by atoms with Crippen LogP contribution >= 0.6 is 0 Å². The van der Waals surface area contributed by atoms with E-state index in [0.717, 1.165) is 12.1 Å². The van der Waals surface area contributed by atoms with E-state index in [1.165, 1.54) is 12.1 Å². The summed E-state index contributed by atoms with van der Waals surface area (Å²) >= 11 is 0. The third-order valence-electron chi connectivity index (χ3n) is 3.61. The number of rotatable bonds is 1. The van der Waals surface area contributed by atoms with Gasteiger partial charge in [0.05, 0.1) is 11.5 Å². The Morgan fingerprint density at radius 2 is 1.81 bits per heavy atom. The highest BCUT2D eigenvalue weighted by atomic mass is 19.1. The van der Waals surface area contributed by atoms with Crippen LogP contribution in [0.1, 0.15) is 33.6 Å². The van der Waals surface area contributed by atoms with E-state index in [1.807, 2.05) is 0 Å². The number of piperidine rings is 1. The average Bonchev–Trinajstić information content (AvgIpc) is 2.66. The second-order valence-electron chi connectivity index (χ2n) is 4.99. The van der Waals surface area contributed by atoms with Gasteiger partial charge in [0.15, 0.2) is 11.6 Å². The van der Waals surface area contributed by atoms with Gasteiger partial charge >= 0.3 is 0 Å². The average molecular weight is 287 g/mol. The lowest BCUT2D eigenvalue weighted by Gasteiger charge is -2.17. The highest BCUT2D eigenvalue weighted by Crippen LogP contribution is 2.29. The first-order chi connectivity index (χ1) is 9.97. The SMILES string of the molecule is O=C1CCC(/C=C2/C(=O)c3ccc(F)cc3C2=O)C(=O)N1. The van der Waals surface area contributed by atoms with Gasteiger partial charge in [0.2, 0.25) is 11.8 Å². The first-order valence-electron chi connectivity index (χ1n) is 6.42. The monoisotopic (exact) mass is 287 g/mol. The van der Waals surface area contributed by atoms with Crippen LogP contribution in [0.3, 0.4) is 0 Å². The predicted octanol–water partition coefficient (Wildman–Crippen LogP) is 1.18. The Labute approximate surface area is 118 Å². The zero-order chi connectivity index (χ0) is 15.1. The van der Waals surface area contributed by atoms with Gasteiger partial charge < -0.3 is 0 Å². The number of hydrogen-bond donors (Lipinski definition) is 1. The summed E-state index contributed by atoms with van der Waals surface area (Å²) < 4.78 is 13.2. The Morgan fingerprint density at radius 3 is 2.52 bits per heavy atom. The number of ketones is 2. The number of benzene rings is 1. The summed E-state index contributed by atoms with van der Waals surface area (Å²) in [5.41, 5.74) is 0.0172. The molecule has 0 spiro atoms. The molecule has 0 aromatic heterocycles. The molecule has 1 aromatic carbocycles. The largest absolute Gasteiger partial charge is 0.296 e. The van der Waals surface area contributed by atoms with Crippen molar-refractivity contribution in [3.63, 3.8) is 0 Å². The maximum atomic E-state index is 13.2. The number of halogens is 1. The number of carbonyl (C=O) groups excluding carboxylic acids is 4. The number of Topliss-reactive ketones (excluding diaryl/α,β-unsaturated/α-hetero) is 2. The van der Waals surface area contributed by atoms with Crippen LogP contribution < -0.4 is 5.32 Å². The molecule has 1 N–H and O–H groups in total. The van der Waals surface area contributed by atoms with E-state index in [2.05, 4.69) is 5.32 Å². The summed E-state index contributed by atoms with van der Waals surface area (Å²) in [6.45, 7) is 0. The van der Waals surface area contributed by atoms with Crippen LogP contribution in [0.25, 0.3) is 0 Å². The molecule has 1 heterocycles. The summed E-state index contributed by atoms with van der Waals surface area (Å²) in [6.07, 6.45) is 1.69. The number of amides is 2. The topological polar surface area (TPSA) is 80.3 Å². The van der Waals surface area contributed by atoms with Crippen molar-refractivity contribution in [3.8, 4) is 0 Å². The van der Waals surface area contributed by atoms with Crippen LogP contribution in [0.2, 0.25) is 0 Å². The first-order valence-corrected chi connectivity index (χ1v) is 6.42. The van der Waals surface area contributed by atoms with Crippen molar-refractivity contribution in [2.24, 2.45) is 5.92 Å². The molecule has 1 aliphatic heterocycles. The quantitative estimate of drug-likeness (QED) is 0.478. The fraction of sp³-hybridized carbons (Fsp3) is 0.200. The number of allylic oxidation sites excluding steroid dienone is 1. The van der Waals surface area contributed by atoms with Crippen molar-refractivity contribution in [3.05, 3.63) is 46.8 Å². The van der Waals surface area contributed by atoms with Gasteiger partial charge in [-0.1, -0.05) is 6.08 Å². The molecule has 1 unspecified atom stereocenters. The molecule has 3 rings (SSSR count). The number of fused-ring (bicyclic) bond motifs is 1. The van der Waals surface area contributed by atoms with E-state index in [1.54, 1.807) is 0 Å². The molecule has 2 amide bonds. The molecular formula is C15H10FNO4. The normalized spacial score (nSPS) is 23.5. The molecule has 0 bridgehead atoms. The minimum Gasteiger partial charge on any atom is -0.296 e. The Balaban J connectivity index is 1.96. The van der Waals surface area contributed by atoms with Crippen LogP contribution in [-0.2, 0) is 9.59 Å². The minimum absolute atomic E-state index is 0.0125. The van der Waals surface area contributed by atoms with Gasteiger partial charge in [0, 0.05) is 17.5 Å². The fourth-order valence-electron chi connectivity index (χ4n) is 2.52. The number of nitrogens with one attached hydrogen (secondary N) is 1. The van der Waals surface area contributed by atoms with Gasteiger partial charge in [-0.3, -0.25) is 24.5 Å². The third kappa shape index (κ3) is 2.18. The highest BCUT2D eigenvalue weighted by molar-refractivity contribution is 6.39. The zero-order valence-corrected chi connectivity index (χ0v) is 10.8. The minimum atomic E-state index is -0.704. The van der Waals surface area contributed by atoms with Crippen molar-refractivity contribution >= 4 is 23.4 Å². The standard InChI is InChI=1S/C15H10FNO4/c16-8-2-3-9-10(6-8)14(20)11(13(9)19)5-7-1-4-12(18)17-15(7)21/h2-3,5-7H,1,4H2,(H,17,18,21)/b11-5-. The second kappa shape index (κ2) is 4.73. The summed E-state index contributed by atoms with van der Waals surface area (Å²) in [6, 6.07) is 3.38. The Bertz CT molecular complexity index is 735. The summed E-state index contributed by atoms with van der Waals surface area (Å²) in [4.78, 5) is 47.0. The van der Waals surface area contributed by atoms with Crippen LogP contribution in [0, 0.1) is 11.7 Å². The summed E-state index contributed by atoms with van der Waals surface area (Å²) in [5.74, 6) is -3.30. The van der Waals surface area contributed by atoms with Crippen molar-refractivity contribution in [2.75, 3.05) is 0 Å². The lowest BCUT2D eigenvalue weighted by Crippen LogP contribution is -2.40. The lowest BCUT2D eigenvalue weighted by molar-refractivity contribution is -0.135. The van der Waals surface area contributed by atoms with Gasteiger partial charge in [-0.25, -0.2) is 4.39 Å². The van der Waals surface area contributed by atoms with Crippen LogP contribution in [-0.4, -0.2) is 23.4 Å². The van der Waals surface area contributed by atoms with Crippen molar-refractivity contribution in [1.82, 2.24) is 5.32 Å². The molecule has 0 radical (unpaired) electrons. The number of carbonyl (C=O) groups is 4.